The fourth-order valence-corrected chi connectivity index (χ4v) is 1.31. The molecule has 2 heteroatoms. The second-order valence-corrected chi connectivity index (χ2v) is 4.63. The van der Waals surface area contributed by atoms with Gasteiger partial charge in [0.25, 0.3) is 0 Å². The van der Waals surface area contributed by atoms with Gasteiger partial charge in [0.05, 0.1) is 0 Å². The molecule has 0 aromatic rings. The van der Waals surface area contributed by atoms with E-state index in [1.807, 2.05) is 0 Å². The number of hydrogen-bond acceptors (Lipinski definition) is 2. The molecule has 86 valence electrons. The summed E-state index contributed by atoms with van der Waals surface area (Å²) in [6, 6.07) is 0. The molecule has 0 aromatic heterocycles. The van der Waals surface area contributed by atoms with Crippen LogP contribution in [0.4, 0.5) is 0 Å². The van der Waals surface area contributed by atoms with Crippen LogP contribution in [0.1, 0.15) is 46.5 Å². The Hall–Kier alpha value is -0.0800. The molecule has 0 fully saturated rings. The molecule has 0 heterocycles. The summed E-state index contributed by atoms with van der Waals surface area (Å²) in [5.41, 5.74) is 5.43. The third-order valence-corrected chi connectivity index (χ3v) is 2.91. The Bertz CT molecular complexity index is 113. The lowest BCUT2D eigenvalue weighted by Gasteiger charge is -2.15. The zero-order chi connectivity index (χ0) is 10.8. The molecule has 1 atom stereocenters. The van der Waals surface area contributed by atoms with Crippen LogP contribution in [-0.4, -0.2) is 19.6 Å². The molecule has 0 aliphatic heterocycles. The van der Waals surface area contributed by atoms with Gasteiger partial charge in [0.15, 0.2) is 0 Å². The van der Waals surface area contributed by atoms with Gasteiger partial charge in [0.2, 0.25) is 0 Å². The Labute approximate surface area is 89.6 Å². The number of unbranched alkanes of at least 4 members (excludes halogenated alkanes) is 3. The van der Waals surface area contributed by atoms with Crippen LogP contribution in [0.5, 0.6) is 0 Å². The van der Waals surface area contributed by atoms with Gasteiger partial charge >= 0.3 is 0 Å². The van der Waals surface area contributed by atoms with Gasteiger partial charge in [-0.1, -0.05) is 33.6 Å². The summed E-state index contributed by atoms with van der Waals surface area (Å²) in [4.78, 5) is 0. The fraction of sp³-hybridized carbons (Fsp3) is 1.00. The molecule has 2 nitrogen and oxygen atoms in total. The minimum absolute atomic E-state index is 0.791. The zero-order valence-corrected chi connectivity index (χ0v) is 10.2. The summed E-state index contributed by atoms with van der Waals surface area (Å²) in [6.07, 6.45) is 5.09. The lowest BCUT2D eigenvalue weighted by atomic mass is 9.98. The predicted molar refractivity (Wildman–Crippen MR) is 64.4 cm³/mol. The molecule has 0 bridgehead atoms. The van der Waals surface area contributed by atoms with Gasteiger partial charge in [-0.05, 0) is 44.3 Å². The zero-order valence-electron chi connectivity index (χ0n) is 10.2. The fourth-order valence-electron chi connectivity index (χ4n) is 1.31. The van der Waals surface area contributed by atoms with Crippen molar-refractivity contribution in [3.8, 4) is 0 Å². The minimum Gasteiger partial charge on any atom is -0.330 e. The van der Waals surface area contributed by atoms with Crippen molar-refractivity contribution in [2.24, 2.45) is 17.6 Å². The van der Waals surface area contributed by atoms with E-state index in [1.165, 1.54) is 32.2 Å². The quantitative estimate of drug-likeness (QED) is 0.561. The van der Waals surface area contributed by atoms with Crippen LogP contribution in [0.15, 0.2) is 0 Å². The van der Waals surface area contributed by atoms with Crippen molar-refractivity contribution >= 4 is 0 Å². The molecule has 0 rings (SSSR count). The maximum atomic E-state index is 5.43. The van der Waals surface area contributed by atoms with Gasteiger partial charge in [0.1, 0.15) is 0 Å². The van der Waals surface area contributed by atoms with E-state index in [2.05, 4.69) is 26.1 Å². The molecule has 0 saturated heterocycles. The van der Waals surface area contributed by atoms with E-state index in [9.17, 15) is 0 Å². The topological polar surface area (TPSA) is 38.0 Å². The highest BCUT2D eigenvalue weighted by Crippen LogP contribution is 2.07. The van der Waals surface area contributed by atoms with E-state index >= 15 is 0 Å². The average Bonchev–Trinajstić information content (AvgIpc) is 2.16. The van der Waals surface area contributed by atoms with E-state index in [1.54, 1.807) is 0 Å². The van der Waals surface area contributed by atoms with E-state index in [0.717, 1.165) is 24.9 Å². The van der Waals surface area contributed by atoms with Gasteiger partial charge in [-0.3, -0.25) is 0 Å². The molecular formula is C12H28N2. The van der Waals surface area contributed by atoms with Crippen LogP contribution < -0.4 is 11.1 Å². The van der Waals surface area contributed by atoms with Crippen molar-refractivity contribution < 1.29 is 0 Å². The van der Waals surface area contributed by atoms with Crippen molar-refractivity contribution in [2.45, 2.75) is 46.5 Å². The summed E-state index contributed by atoms with van der Waals surface area (Å²) in [7, 11) is 0. The lowest BCUT2D eigenvalue weighted by Crippen LogP contribution is -2.25. The Morgan fingerprint density at radius 2 is 1.64 bits per heavy atom. The smallest absolute Gasteiger partial charge is 0.00207 e. The van der Waals surface area contributed by atoms with Crippen LogP contribution in [0.2, 0.25) is 0 Å². The molecule has 0 aromatic carbocycles. The summed E-state index contributed by atoms with van der Waals surface area (Å²) in [6.45, 7) is 10.1. The molecular weight excluding hydrogens is 172 g/mol. The number of nitrogens with one attached hydrogen (secondary N) is 1. The van der Waals surface area contributed by atoms with Gasteiger partial charge in [-0.15, -0.1) is 0 Å². The highest BCUT2D eigenvalue weighted by molar-refractivity contribution is 4.60. The monoisotopic (exact) mass is 200 g/mol. The van der Waals surface area contributed by atoms with E-state index in [4.69, 9.17) is 5.73 Å². The summed E-state index contributed by atoms with van der Waals surface area (Å²) in [5.74, 6) is 1.58. The third-order valence-electron chi connectivity index (χ3n) is 2.91. The van der Waals surface area contributed by atoms with Gasteiger partial charge in [0, 0.05) is 0 Å². The maximum Gasteiger partial charge on any atom is -0.00207 e. The van der Waals surface area contributed by atoms with Crippen LogP contribution >= 0.6 is 0 Å². The largest absolute Gasteiger partial charge is 0.330 e. The first-order valence-corrected chi connectivity index (χ1v) is 6.09. The highest BCUT2D eigenvalue weighted by Gasteiger charge is 2.05. The normalized spacial score (nSPS) is 13.5. The van der Waals surface area contributed by atoms with Crippen LogP contribution in [-0.2, 0) is 0 Å². The third kappa shape index (κ3) is 8.52. The molecule has 0 aliphatic carbocycles. The molecule has 0 saturated carbocycles. The van der Waals surface area contributed by atoms with E-state index in [-0.39, 0.29) is 0 Å². The van der Waals surface area contributed by atoms with Crippen molar-refractivity contribution in [2.75, 3.05) is 19.6 Å². The molecule has 0 spiro atoms. The first-order valence-electron chi connectivity index (χ1n) is 6.09. The number of hydrogen-bond donors (Lipinski definition) is 2. The first-order chi connectivity index (χ1) is 6.68. The first kappa shape index (κ1) is 13.9. The summed E-state index contributed by atoms with van der Waals surface area (Å²) in [5, 5.41) is 3.51. The Balaban J connectivity index is 3.06. The number of nitrogens with two attached hydrogens (primary N) is 1. The van der Waals surface area contributed by atoms with Crippen molar-refractivity contribution in [3.05, 3.63) is 0 Å². The summed E-state index contributed by atoms with van der Waals surface area (Å²) < 4.78 is 0. The van der Waals surface area contributed by atoms with E-state index in [0.29, 0.717) is 0 Å². The second kappa shape index (κ2) is 9.47. The van der Waals surface area contributed by atoms with Crippen molar-refractivity contribution in [1.29, 1.82) is 0 Å². The standard InChI is InChI=1S/C12H28N2/c1-11(2)12(3)10-14-9-7-5-4-6-8-13/h11-12,14H,4-10,13H2,1-3H3. The number of rotatable bonds is 9. The Kier molecular flexibility index (Phi) is 9.42. The SMILES string of the molecule is CC(C)C(C)CNCCCCCCN. The molecule has 0 aliphatic rings. The van der Waals surface area contributed by atoms with Crippen molar-refractivity contribution in [3.63, 3.8) is 0 Å². The van der Waals surface area contributed by atoms with Crippen LogP contribution in [0, 0.1) is 11.8 Å². The van der Waals surface area contributed by atoms with Crippen molar-refractivity contribution in [1.82, 2.24) is 5.32 Å². The van der Waals surface area contributed by atoms with Crippen LogP contribution in [0.3, 0.4) is 0 Å². The molecule has 1 unspecified atom stereocenters. The Morgan fingerprint density at radius 3 is 2.21 bits per heavy atom. The van der Waals surface area contributed by atoms with Gasteiger partial charge in [-0.2, -0.15) is 0 Å². The molecule has 0 amide bonds. The minimum atomic E-state index is 0.791. The molecule has 14 heavy (non-hydrogen) atoms. The van der Waals surface area contributed by atoms with E-state index < -0.39 is 0 Å². The maximum absolute atomic E-state index is 5.43. The second-order valence-electron chi connectivity index (χ2n) is 4.63. The lowest BCUT2D eigenvalue weighted by molar-refractivity contribution is 0.390. The Morgan fingerprint density at radius 1 is 1.00 bits per heavy atom. The van der Waals surface area contributed by atoms with Gasteiger partial charge in [-0.25, -0.2) is 0 Å². The highest BCUT2D eigenvalue weighted by atomic mass is 14.8. The van der Waals surface area contributed by atoms with Crippen LogP contribution in [0.25, 0.3) is 0 Å². The summed E-state index contributed by atoms with van der Waals surface area (Å²) >= 11 is 0. The molecule has 3 N–H and O–H groups in total. The average molecular weight is 200 g/mol. The predicted octanol–water partition coefficient (Wildman–Crippen LogP) is 2.39. The van der Waals surface area contributed by atoms with Gasteiger partial charge < -0.3 is 11.1 Å². The molecule has 0 radical (unpaired) electrons.